The van der Waals surface area contributed by atoms with Crippen LogP contribution in [0.5, 0.6) is 11.5 Å². The van der Waals surface area contributed by atoms with Crippen LogP contribution in [0.1, 0.15) is 11.3 Å². The number of nitrogens with zero attached hydrogens (tertiary/aromatic N) is 2. The molecule has 0 atom stereocenters. The molecular weight excluding hydrogens is 443 g/mol. The molecule has 0 aliphatic heterocycles. The van der Waals surface area contributed by atoms with Crippen LogP contribution >= 0.6 is 11.3 Å². The second kappa shape index (κ2) is 8.54. The van der Waals surface area contributed by atoms with Crippen molar-refractivity contribution in [2.75, 3.05) is 19.5 Å². The predicted octanol–water partition coefficient (Wildman–Crippen LogP) is 5.28. The summed E-state index contributed by atoms with van der Waals surface area (Å²) in [6, 6.07) is 9.81. The van der Waals surface area contributed by atoms with E-state index < -0.39 is 11.7 Å². The Morgan fingerprint density at radius 1 is 1.09 bits per heavy atom. The maximum atomic E-state index is 12.7. The van der Waals surface area contributed by atoms with Gasteiger partial charge in [0.2, 0.25) is 5.91 Å². The number of aromatic nitrogens is 2. The summed E-state index contributed by atoms with van der Waals surface area (Å²) < 4.78 is 50.5. The van der Waals surface area contributed by atoms with Crippen LogP contribution in [-0.4, -0.2) is 29.5 Å². The summed E-state index contributed by atoms with van der Waals surface area (Å²) >= 11 is 1.39. The van der Waals surface area contributed by atoms with Crippen molar-refractivity contribution in [2.24, 2.45) is 0 Å². The number of ether oxygens (including phenoxy) is 2. The molecule has 10 heteroatoms. The molecular formula is C22H18F3N3O3S. The Morgan fingerprint density at radius 3 is 2.47 bits per heavy atom. The first-order valence-corrected chi connectivity index (χ1v) is 10.3. The van der Waals surface area contributed by atoms with E-state index in [4.69, 9.17) is 9.47 Å². The van der Waals surface area contributed by atoms with Crippen LogP contribution in [0.2, 0.25) is 0 Å². The number of amides is 1. The standard InChI is InChI=1S/C22H18F3N3O3S/c1-30-18-8-3-13(9-19(18)31-2)17-11-28-16(12-32-21(28)27-17)10-20(29)26-15-6-4-14(5-7-15)22(23,24)25/h3-9,11-12H,10H2,1-2H3,(H,26,29). The highest BCUT2D eigenvalue weighted by molar-refractivity contribution is 7.15. The van der Waals surface area contributed by atoms with Crippen LogP contribution in [0, 0.1) is 0 Å². The van der Waals surface area contributed by atoms with E-state index in [1.54, 1.807) is 20.3 Å². The van der Waals surface area contributed by atoms with Crippen molar-refractivity contribution in [1.29, 1.82) is 0 Å². The Kier molecular flexibility index (Phi) is 5.79. The van der Waals surface area contributed by atoms with Crippen LogP contribution in [0.3, 0.4) is 0 Å². The first kappa shape index (κ1) is 21.7. The number of hydrogen-bond donors (Lipinski definition) is 1. The minimum atomic E-state index is -4.42. The lowest BCUT2D eigenvalue weighted by molar-refractivity contribution is -0.137. The fourth-order valence-electron chi connectivity index (χ4n) is 3.20. The Bertz CT molecular complexity index is 1260. The molecule has 2 aromatic carbocycles. The third kappa shape index (κ3) is 4.40. The minimum absolute atomic E-state index is 0.0444. The molecule has 0 saturated heterocycles. The SMILES string of the molecule is COc1ccc(-c2cn3c(CC(=O)Nc4ccc(C(F)(F)F)cc4)csc3n2)cc1OC. The molecule has 0 unspecified atom stereocenters. The molecule has 0 aliphatic rings. The molecule has 0 aliphatic carbocycles. The molecule has 1 amide bonds. The molecule has 1 N–H and O–H groups in total. The Labute approximate surface area is 185 Å². The number of benzene rings is 2. The lowest BCUT2D eigenvalue weighted by atomic mass is 10.1. The third-order valence-corrected chi connectivity index (χ3v) is 5.69. The van der Waals surface area contributed by atoms with E-state index in [1.165, 1.54) is 23.5 Å². The van der Waals surface area contributed by atoms with Gasteiger partial charge in [0, 0.05) is 28.5 Å². The summed E-state index contributed by atoms with van der Waals surface area (Å²) in [7, 11) is 3.12. The molecule has 0 fully saturated rings. The molecule has 2 aromatic heterocycles. The van der Waals surface area contributed by atoms with E-state index in [0.717, 1.165) is 17.7 Å². The first-order valence-electron chi connectivity index (χ1n) is 9.43. The van der Waals surface area contributed by atoms with E-state index >= 15 is 0 Å². The number of carbonyl (C=O) groups is 1. The number of methoxy groups -OCH3 is 2. The number of carbonyl (C=O) groups excluding carboxylic acids is 1. The van der Waals surface area contributed by atoms with Crippen molar-refractivity contribution < 1.29 is 27.4 Å². The van der Waals surface area contributed by atoms with Gasteiger partial charge in [-0.3, -0.25) is 9.20 Å². The third-order valence-electron chi connectivity index (χ3n) is 4.80. The minimum Gasteiger partial charge on any atom is -0.493 e. The van der Waals surface area contributed by atoms with Gasteiger partial charge in [-0.2, -0.15) is 13.2 Å². The summed E-state index contributed by atoms with van der Waals surface area (Å²) in [6.07, 6.45) is -2.55. The van der Waals surface area contributed by atoms with E-state index in [-0.39, 0.29) is 12.3 Å². The summed E-state index contributed by atoms with van der Waals surface area (Å²) in [5.41, 5.74) is 1.79. The normalized spacial score (nSPS) is 11.5. The number of imidazole rings is 1. The predicted molar refractivity (Wildman–Crippen MR) is 115 cm³/mol. The Morgan fingerprint density at radius 2 is 1.81 bits per heavy atom. The Hall–Kier alpha value is -3.53. The molecule has 0 saturated carbocycles. The van der Waals surface area contributed by atoms with Crippen LogP contribution in [0.4, 0.5) is 18.9 Å². The van der Waals surface area contributed by atoms with Gasteiger partial charge < -0.3 is 14.8 Å². The fourth-order valence-corrected chi connectivity index (χ4v) is 4.08. The van der Waals surface area contributed by atoms with Crippen LogP contribution in [0.25, 0.3) is 16.2 Å². The highest BCUT2D eigenvalue weighted by Crippen LogP contribution is 2.33. The fraction of sp³-hybridized carbons (Fsp3) is 0.182. The van der Waals surface area contributed by atoms with Crippen LogP contribution in [-0.2, 0) is 17.4 Å². The number of hydrogen-bond acceptors (Lipinski definition) is 5. The molecule has 0 radical (unpaired) electrons. The van der Waals surface area contributed by atoms with Gasteiger partial charge in [-0.05, 0) is 42.5 Å². The monoisotopic (exact) mass is 461 g/mol. The zero-order valence-corrected chi connectivity index (χ0v) is 17.9. The van der Waals surface area contributed by atoms with Crippen molar-refractivity contribution in [1.82, 2.24) is 9.38 Å². The number of anilines is 1. The van der Waals surface area contributed by atoms with Gasteiger partial charge in [-0.25, -0.2) is 4.98 Å². The van der Waals surface area contributed by atoms with Gasteiger partial charge in [0.25, 0.3) is 0 Å². The van der Waals surface area contributed by atoms with Crippen LogP contribution < -0.4 is 14.8 Å². The molecule has 4 rings (SSSR count). The lowest BCUT2D eigenvalue weighted by Crippen LogP contribution is -2.15. The van der Waals surface area contributed by atoms with E-state index in [0.29, 0.717) is 33.5 Å². The molecule has 0 bridgehead atoms. The Balaban J connectivity index is 1.51. The number of alkyl halides is 3. The van der Waals surface area contributed by atoms with Gasteiger partial charge in [-0.1, -0.05) is 0 Å². The molecule has 0 spiro atoms. The number of nitrogens with one attached hydrogen (secondary N) is 1. The summed E-state index contributed by atoms with van der Waals surface area (Å²) in [5.74, 6) is 0.848. The molecule has 4 aromatic rings. The average Bonchev–Trinajstić information content (AvgIpc) is 3.35. The van der Waals surface area contributed by atoms with Gasteiger partial charge in [0.15, 0.2) is 16.5 Å². The maximum Gasteiger partial charge on any atom is 0.416 e. The van der Waals surface area contributed by atoms with Crippen LogP contribution in [0.15, 0.2) is 54.0 Å². The molecule has 32 heavy (non-hydrogen) atoms. The maximum absolute atomic E-state index is 12.7. The van der Waals surface area contributed by atoms with E-state index in [1.807, 2.05) is 28.1 Å². The zero-order chi connectivity index (χ0) is 22.9. The molecule has 166 valence electrons. The van der Waals surface area contributed by atoms with Gasteiger partial charge in [0.1, 0.15) is 0 Å². The number of thiazole rings is 1. The second-order valence-corrected chi connectivity index (χ2v) is 7.71. The lowest BCUT2D eigenvalue weighted by Gasteiger charge is -2.09. The van der Waals surface area contributed by atoms with Crippen molar-refractivity contribution in [3.8, 4) is 22.8 Å². The quantitative estimate of drug-likeness (QED) is 0.424. The van der Waals surface area contributed by atoms with Gasteiger partial charge in [-0.15, -0.1) is 11.3 Å². The summed E-state index contributed by atoms with van der Waals surface area (Å²) in [6.45, 7) is 0. The summed E-state index contributed by atoms with van der Waals surface area (Å²) in [5, 5.41) is 4.45. The highest BCUT2D eigenvalue weighted by Gasteiger charge is 2.30. The van der Waals surface area contributed by atoms with E-state index in [2.05, 4.69) is 10.3 Å². The van der Waals surface area contributed by atoms with Crippen molar-refractivity contribution in [2.45, 2.75) is 12.6 Å². The zero-order valence-electron chi connectivity index (χ0n) is 17.1. The van der Waals surface area contributed by atoms with E-state index in [9.17, 15) is 18.0 Å². The molecule has 6 nitrogen and oxygen atoms in total. The summed E-state index contributed by atoms with van der Waals surface area (Å²) in [4.78, 5) is 17.8. The molecule has 2 heterocycles. The second-order valence-electron chi connectivity index (χ2n) is 6.88. The van der Waals surface area contributed by atoms with Gasteiger partial charge >= 0.3 is 6.18 Å². The highest BCUT2D eigenvalue weighted by atomic mass is 32.1. The largest absolute Gasteiger partial charge is 0.493 e. The average molecular weight is 461 g/mol. The smallest absolute Gasteiger partial charge is 0.416 e. The van der Waals surface area contributed by atoms with Crippen molar-refractivity contribution in [3.63, 3.8) is 0 Å². The topological polar surface area (TPSA) is 64.9 Å². The van der Waals surface area contributed by atoms with Crippen molar-refractivity contribution >= 4 is 27.9 Å². The van der Waals surface area contributed by atoms with Gasteiger partial charge in [0.05, 0.1) is 31.9 Å². The number of fused-ring (bicyclic) bond motifs is 1. The number of halogens is 3. The van der Waals surface area contributed by atoms with Crippen molar-refractivity contribution in [3.05, 3.63) is 65.3 Å². The first-order chi connectivity index (χ1) is 15.3. The number of rotatable bonds is 6.